The average molecular weight is 498 g/mol. The Balaban J connectivity index is 1.46. The molecule has 0 heterocycles. The molecule has 6 nitrogen and oxygen atoms in total. The van der Waals surface area contributed by atoms with Gasteiger partial charge in [0.15, 0.2) is 0 Å². The summed E-state index contributed by atoms with van der Waals surface area (Å²) in [5.41, 5.74) is 5.92. The van der Waals surface area contributed by atoms with E-state index in [4.69, 9.17) is 27.9 Å². The smallest absolute Gasteiger partial charge is 0.329 e. The highest BCUT2D eigenvalue weighted by molar-refractivity contribution is 6.35. The molecule has 2 N–H and O–H groups in total. The minimum Gasteiger partial charge on any atom is -0.487 e. The Kier molecular flexibility index (Phi) is 9.08. The van der Waals surface area contributed by atoms with Crippen LogP contribution in [0.15, 0.2) is 71.8 Å². The lowest BCUT2D eigenvalue weighted by Crippen LogP contribution is -2.37. The summed E-state index contributed by atoms with van der Waals surface area (Å²) in [6.45, 7) is 4.82. The van der Waals surface area contributed by atoms with Gasteiger partial charge in [-0.25, -0.2) is 5.43 Å². The first-order valence-electron chi connectivity index (χ1n) is 10.7. The van der Waals surface area contributed by atoms with Crippen molar-refractivity contribution in [1.82, 2.24) is 10.7 Å². The predicted octanol–water partition coefficient (Wildman–Crippen LogP) is 5.46. The highest BCUT2D eigenvalue weighted by atomic mass is 35.5. The molecule has 0 atom stereocenters. The molecule has 176 valence electrons. The number of carbonyl (C=O) groups excluding carboxylic acids is 2. The van der Waals surface area contributed by atoms with Crippen LogP contribution >= 0.6 is 23.2 Å². The molecule has 3 aromatic carbocycles. The maximum Gasteiger partial charge on any atom is 0.329 e. The van der Waals surface area contributed by atoms with Crippen LogP contribution < -0.4 is 15.5 Å². The summed E-state index contributed by atoms with van der Waals surface area (Å²) in [5, 5.41) is 7.45. The van der Waals surface area contributed by atoms with E-state index >= 15 is 0 Å². The van der Waals surface area contributed by atoms with Crippen LogP contribution in [0.2, 0.25) is 10.0 Å². The molecule has 0 radical (unpaired) electrons. The fraction of sp³-hybridized carbons (Fsp3) is 0.192. The van der Waals surface area contributed by atoms with Crippen LogP contribution in [0.25, 0.3) is 0 Å². The van der Waals surface area contributed by atoms with E-state index in [9.17, 15) is 9.59 Å². The van der Waals surface area contributed by atoms with Gasteiger partial charge in [0, 0.05) is 11.6 Å². The van der Waals surface area contributed by atoms with E-state index in [0.29, 0.717) is 33.9 Å². The van der Waals surface area contributed by atoms with Crippen LogP contribution in [0.5, 0.6) is 5.75 Å². The summed E-state index contributed by atoms with van der Waals surface area (Å²) in [5.74, 6) is -0.683. The number of ether oxygens (including phenoxy) is 1. The van der Waals surface area contributed by atoms with Crippen LogP contribution in [0.1, 0.15) is 42.0 Å². The average Bonchev–Trinajstić information content (AvgIpc) is 2.83. The van der Waals surface area contributed by atoms with Crippen molar-refractivity contribution < 1.29 is 14.3 Å². The monoisotopic (exact) mass is 497 g/mol. The lowest BCUT2D eigenvalue weighted by molar-refractivity contribution is -0.139. The van der Waals surface area contributed by atoms with E-state index in [0.717, 1.165) is 11.1 Å². The van der Waals surface area contributed by atoms with Crippen molar-refractivity contribution in [2.24, 2.45) is 5.10 Å². The second kappa shape index (κ2) is 12.2. The molecule has 0 saturated heterocycles. The number of benzene rings is 3. The van der Waals surface area contributed by atoms with Crippen LogP contribution in [0, 0.1) is 0 Å². The van der Waals surface area contributed by atoms with Gasteiger partial charge >= 0.3 is 11.8 Å². The highest BCUT2D eigenvalue weighted by Crippen LogP contribution is 2.26. The Morgan fingerprint density at radius 1 is 0.941 bits per heavy atom. The molecule has 0 fully saturated rings. The van der Waals surface area contributed by atoms with Gasteiger partial charge in [-0.05, 0) is 58.5 Å². The second-order valence-corrected chi connectivity index (χ2v) is 8.73. The predicted molar refractivity (Wildman–Crippen MR) is 135 cm³/mol. The lowest BCUT2D eigenvalue weighted by atomic mass is 10.0. The number of hydrazone groups is 1. The Morgan fingerprint density at radius 3 is 2.26 bits per heavy atom. The molecule has 34 heavy (non-hydrogen) atoms. The van der Waals surface area contributed by atoms with Gasteiger partial charge < -0.3 is 10.1 Å². The number of nitrogens with zero attached hydrogens (tertiary/aromatic N) is 1. The molecule has 0 aliphatic rings. The molecule has 0 saturated carbocycles. The molecule has 0 aromatic heterocycles. The first-order valence-corrected chi connectivity index (χ1v) is 11.4. The second-order valence-electron chi connectivity index (χ2n) is 7.88. The number of carbonyl (C=O) groups is 2. The van der Waals surface area contributed by atoms with Crippen LogP contribution in [-0.2, 0) is 22.7 Å². The van der Waals surface area contributed by atoms with E-state index in [2.05, 4.69) is 29.7 Å². The Hall–Kier alpha value is -3.35. The Labute approximate surface area is 208 Å². The number of nitrogens with one attached hydrogen (secondary N) is 2. The molecule has 0 spiro atoms. The molecule has 0 aliphatic carbocycles. The molecule has 3 rings (SSSR count). The van der Waals surface area contributed by atoms with E-state index in [-0.39, 0.29) is 6.54 Å². The van der Waals surface area contributed by atoms with E-state index < -0.39 is 11.8 Å². The van der Waals surface area contributed by atoms with Crippen molar-refractivity contribution in [2.45, 2.75) is 32.9 Å². The number of hydrogen-bond acceptors (Lipinski definition) is 4. The minimum absolute atomic E-state index is 0.251. The summed E-state index contributed by atoms with van der Waals surface area (Å²) in [4.78, 5) is 24.0. The van der Waals surface area contributed by atoms with Gasteiger partial charge in [0.05, 0.1) is 11.2 Å². The topological polar surface area (TPSA) is 79.8 Å². The molecule has 0 aliphatic heterocycles. The Bertz CT molecular complexity index is 1160. The van der Waals surface area contributed by atoms with Crippen molar-refractivity contribution >= 4 is 41.2 Å². The van der Waals surface area contributed by atoms with Crippen LogP contribution in [-0.4, -0.2) is 18.0 Å². The fourth-order valence-corrected chi connectivity index (χ4v) is 3.32. The summed E-state index contributed by atoms with van der Waals surface area (Å²) in [7, 11) is 0. The first-order chi connectivity index (χ1) is 16.3. The number of halogens is 2. The third kappa shape index (κ3) is 7.61. The summed E-state index contributed by atoms with van der Waals surface area (Å²) >= 11 is 12.2. The third-order valence-electron chi connectivity index (χ3n) is 4.95. The highest BCUT2D eigenvalue weighted by Gasteiger charge is 2.12. The van der Waals surface area contributed by atoms with Gasteiger partial charge in [-0.1, -0.05) is 73.4 Å². The maximum atomic E-state index is 12.0. The molecule has 2 amide bonds. The quantitative estimate of drug-likeness (QED) is 0.246. The SMILES string of the molecule is CC(C)c1ccc(CNC(=O)C(=O)N/N=C\c2ccc(OCc3ccc(Cl)cc3)c(Cl)c2)cc1. The van der Waals surface area contributed by atoms with Crippen molar-refractivity contribution in [1.29, 1.82) is 0 Å². The molecular weight excluding hydrogens is 473 g/mol. The number of rotatable bonds is 8. The van der Waals surface area contributed by atoms with Gasteiger partial charge in [0.1, 0.15) is 12.4 Å². The minimum atomic E-state index is -0.857. The van der Waals surface area contributed by atoms with Crippen molar-refractivity contribution in [3.05, 3.63) is 99.0 Å². The zero-order valence-electron chi connectivity index (χ0n) is 18.8. The molecule has 8 heteroatoms. The Morgan fingerprint density at radius 2 is 1.62 bits per heavy atom. The summed E-state index contributed by atoms with van der Waals surface area (Å²) in [6, 6.07) is 20.3. The van der Waals surface area contributed by atoms with Crippen molar-refractivity contribution in [2.75, 3.05) is 0 Å². The summed E-state index contributed by atoms with van der Waals surface area (Å²) in [6.07, 6.45) is 1.39. The third-order valence-corrected chi connectivity index (χ3v) is 5.50. The molecular formula is C26H25Cl2N3O3. The van der Waals surface area contributed by atoms with Gasteiger partial charge in [-0.3, -0.25) is 9.59 Å². The zero-order chi connectivity index (χ0) is 24.5. The number of amides is 2. The molecule has 0 unspecified atom stereocenters. The van der Waals surface area contributed by atoms with Gasteiger partial charge in [0.2, 0.25) is 0 Å². The standard InChI is InChI=1S/C26H25Cl2N3O3/c1-17(2)21-8-3-18(4-9-21)14-29-25(32)26(33)31-30-15-20-7-12-24(23(28)13-20)34-16-19-5-10-22(27)11-6-19/h3-13,15,17H,14,16H2,1-2H3,(H,29,32)(H,31,33)/b30-15-. The first kappa shape index (κ1) is 25.3. The van der Waals surface area contributed by atoms with E-state index in [1.54, 1.807) is 30.3 Å². The maximum absolute atomic E-state index is 12.0. The van der Waals surface area contributed by atoms with Gasteiger partial charge in [-0.15, -0.1) is 0 Å². The zero-order valence-corrected chi connectivity index (χ0v) is 20.4. The normalized spacial score (nSPS) is 11.0. The van der Waals surface area contributed by atoms with Crippen molar-refractivity contribution in [3.63, 3.8) is 0 Å². The molecule has 0 bridgehead atoms. The summed E-state index contributed by atoms with van der Waals surface area (Å²) < 4.78 is 5.73. The van der Waals surface area contributed by atoms with E-state index in [1.165, 1.54) is 11.8 Å². The largest absolute Gasteiger partial charge is 0.487 e. The van der Waals surface area contributed by atoms with Gasteiger partial charge in [-0.2, -0.15) is 5.10 Å². The van der Waals surface area contributed by atoms with E-state index in [1.807, 2.05) is 36.4 Å². The van der Waals surface area contributed by atoms with Crippen molar-refractivity contribution in [3.8, 4) is 5.75 Å². The van der Waals surface area contributed by atoms with Crippen LogP contribution in [0.3, 0.4) is 0 Å². The fourth-order valence-electron chi connectivity index (χ4n) is 2.96. The van der Waals surface area contributed by atoms with Gasteiger partial charge in [0.25, 0.3) is 0 Å². The lowest BCUT2D eigenvalue weighted by Gasteiger charge is -2.09. The number of hydrogen-bond donors (Lipinski definition) is 2. The molecule has 3 aromatic rings. The van der Waals surface area contributed by atoms with Crippen LogP contribution in [0.4, 0.5) is 0 Å².